The second kappa shape index (κ2) is 9.88. The summed E-state index contributed by atoms with van der Waals surface area (Å²) in [5, 5.41) is 2.80. The number of hydrogen-bond acceptors (Lipinski definition) is 5. The Morgan fingerprint density at radius 2 is 1.80 bits per heavy atom. The number of amides is 1. The zero-order valence-electron chi connectivity index (χ0n) is 18.8. The Balaban J connectivity index is 1.46. The van der Waals surface area contributed by atoms with Crippen LogP contribution in [-0.2, 0) is 6.54 Å². The summed E-state index contributed by atoms with van der Waals surface area (Å²) in [6.07, 6.45) is -1.32. The zero-order chi connectivity index (χ0) is 25.0. The Labute approximate surface area is 199 Å². The average Bonchev–Trinajstić information content (AvgIpc) is 3.27. The van der Waals surface area contributed by atoms with Gasteiger partial charge in [0.05, 0.1) is 19.1 Å². The topological polar surface area (TPSA) is 78.3 Å². The molecule has 0 aliphatic heterocycles. The molecule has 0 unspecified atom stereocenters. The molecule has 180 valence electrons. The molecule has 1 N–H and O–H groups in total. The normalized spacial score (nSPS) is 11.2. The van der Waals surface area contributed by atoms with E-state index in [0.717, 1.165) is 11.3 Å². The van der Waals surface area contributed by atoms with Crippen LogP contribution in [0.5, 0.6) is 11.6 Å². The minimum atomic E-state index is -4.77. The lowest BCUT2D eigenvalue weighted by atomic mass is 10.0. The van der Waals surface area contributed by atoms with Gasteiger partial charge in [0.15, 0.2) is 0 Å². The smallest absolute Gasteiger partial charge is 0.479 e. The fourth-order valence-electron chi connectivity index (χ4n) is 3.47. The largest absolute Gasteiger partial charge is 0.573 e. The van der Waals surface area contributed by atoms with Crippen LogP contribution in [0.3, 0.4) is 0 Å². The van der Waals surface area contributed by atoms with Gasteiger partial charge < -0.3 is 19.4 Å². The summed E-state index contributed by atoms with van der Waals surface area (Å²) in [6, 6.07) is 16.1. The minimum Gasteiger partial charge on any atom is -0.479 e. The number of nitrogens with one attached hydrogen (secondary N) is 1. The molecule has 0 aliphatic carbocycles. The second-order valence-electron chi connectivity index (χ2n) is 7.61. The van der Waals surface area contributed by atoms with Gasteiger partial charge in [0.1, 0.15) is 17.1 Å². The maximum atomic E-state index is 12.7. The molecule has 0 spiro atoms. The summed E-state index contributed by atoms with van der Waals surface area (Å²) in [5.74, 6) is -0.427. The summed E-state index contributed by atoms with van der Waals surface area (Å²) in [6.45, 7) is 2.05. The van der Waals surface area contributed by atoms with Crippen LogP contribution in [0.1, 0.15) is 21.7 Å². The molecule has 2 heterocycles. The molecule has 2 aromatic carbocycles. The summed E-state index contributed by atoms with van der Waals surface area (Å²) in [5.41, 5.74) is 3.65. The molecular weight excluding hydrogens is 461 g/mol. The molecule has 4 rings (SSSR count). The standard InChI is InChI=1S/C25H21F3N4O3/c1-16-14-32(15-30-16)22-10-9-21(31-24(22)34-2)23(33)29-13-17-5-3-6-18(11-17)19-7-4-8-20(12-19)35-25(26,27)28/h3-12,14-15H,13H2,1-2H3,(H,29,33). The number of halogens is 3. The number of ether oxygens (including phenoxy) is 2. The van der Waals surface area contributed by atoms with E-state index < -0.39 is 12.3 Å². The molecule has 1 amide bonds. The highest BCUT2D eigenvalue weighted by molar-refractivity contribution is 5.92. The zero-order valence-corrected chi connectivity index (χ0v) is 18.8. The highest BCUT2D eigenvalue weighted by atomic mass is 19.4. The third-order valence-electron chi connectivity index (χ3n) is 5.04. The predicted molar refractivity (Wildman–Crippen MR) is 122 cm³/mol. The van der Waals surface area contributed by atoms with Crippen molar-refractivity contribution < 1.29 is 27.4 Å². The van der Waals surface area contributed by atoms with Crippen molar-refractivity contribution in [2.24, 2.45) is 0 Å². The van der Waals surface area contributed by atoms with Gasteiger partial charge in [-0.1, -0.05) is 30.3 Å². The van der Waals surface area contributed by atoms with Gasteiger partial charge in [0.25, 0.3) is 5.91 Å². The van der Waals surface area contributed by atoms with E-state index in [9.17, 15) is 18.0 Å². The molecule has 10 heteroatoms. The molecular formula is C25H21F3N4O3. The van der Waals surface area contributed by atoms with Crippen molar-refractivity contribution in [2.75, 3.05) is 7.11 Å². The molecule has 0 bridgehead atoms. The maximum absolute atomic E-state index is 12.7. The Morgan fingerprint density at radius 1 is 1.06 bits per heavy atom. The van der Waals surface area contributed by atoms with Crippen LogP contribution >= 0.6 is 0 Å². The van der Waals surface area contributed by atoms with E-state index in [4.69, 9.17) is 4.74 Å². The van der Waals surface area contributed by atoms with Gasteiger partial charge in [-0.2, -0.15) is 0 Å². The van der Waals surface area contributed by atoms with Gasteiger partial charge >= 0.3 is 6.36 Å². The van der Waals surface area contributed by atoms with Crippen molar-refractivity contribution in [2.45, 2.75) is 19.8 Å². The SMILES string of the molecule is COc1nc(C(=O)NCc2cccc(-c3cccc(OC(F)(F)F)c3)c2)ccc1-n1cnc(C)c1. The molecule has 4 aromatic rings. The van der Waals surface area contributed by atoms with Crippen molar-refractivity contribution in [3.63, 3.8) is 0 Å². The molecule has 2 aromatic heterocycles. The third-order valence-corrected chi connectivity index (χ3v) is 5.04. The highest BCUT2D eigenvalue weighted by Crippen LogP contribution is 2.28. The van der Waals surface area contributed by atoms with E-state index in [-0.39, 0.29) is 23.9 Å². The van der Waals surface area contributed by atoms with Crippen molar-refractivity contribution in [3.8, 4) is 28.4 Å². The van der Waals surface area contributed by atoms with Crippen LogP contribution in [0.15, 0.2) is 73.2 Å². The average molecular weight is 482 g/mol. The first-order valence-corrected chi connectivity index (χ1v) is 10.5. The number of hydrogen-bond donors (Lipinski definition) is 1. The number of rotatable bonds is 7. The number of methoxy groups -OCH3 is 1. The molecule has 0 atom stereocenters. The second-order valence-corrected chi connectivity index (χ2v) is 7.61. The molecule has 0 aliphatic rings. The lowest BCUT2D eigenvalue weighted by molar-refractivity contribution is -0.274. The van der Waals surface area contributed by atoms with Crippen molar-refractivity contribution in [1.29, 1.82) is 0 Å². The van der Waals surface area contributed by atoms with Crippen molar-refractivity contribution >= 4 is 5.91 Å². The van der Waals surface area contributed by atoms with Gasteiger partial charge in [-0.05, 0) is 53.9 Å². The van der Waals surface area contributed by atoms with Gasteiger partial charge in [-0.3, -0.25) is 4.79 Å². The van der Waals surface area contributed by atoms with Crippen LogP contribution in [0.25, 0.3) is 16.8 Å². The Kier molecular flexibility index (Phi) is 6.72. The monoisotopic (exact) mass is 482 g/mol. The Morgan fingerprint density at radius 3 is 2.49 bits per heavy atom. The minimum absolute atomic E-state index is 0.176. The van der Waals surface area contributed by atoms with Gasteiger partial charge in [-0.25, -0.2) is 9.97 Å². The lowest BCUT2D eigenvalue weighted by Crippen LogP contribution is -2.24. The van der Waals surface area contributed by atoms with E-state index >= 15 is 0 Å². The fraction of sp³-hybridized carbons (Fsp3) is 0.160. The molecule has 0 fully saturated rings. The number of alkyl halides is 3. The Hall–Kier alpha value is -4.34. The van der Waals surface area contributed by atoms with E-state index in [1.165, 1.54) is 25.3 Å². The van der Waals surface area contributed by atoms with E-state index in [0.29, 0.717) is 16.8 Å². The highest BCUT2D eigenvalue weighted by Gasteiger charge is 2.31. The number of imidazole rings is 1. The third kappa shape index (κ3) is 5.97. The van der Waals surface area contributed by atoms with Crippen LogP contribution in [0.2, 0.25) is 0 Å². The van der Waals surface area contributed by atoms with E-state index in [2.05, 4.69) is 20.0 Å². The predicted octanol–water partition coefficient (Wildman–Crippen LogP) is 5.08. The first-order valence-electron chi connectivity index (χ1n) is 10.5. The molecule has 0 radical (unpaired) electrons. The first kappa shape index (κ1) is 23.8. The van der Waals surface area contributed by atoms with Gasteiger partial charge in [-0.15, -0.1) is 13.2 Å². The number of aryl methyl sites for hydroxylation is 1. The number of carbonyl (C=O) groups excluding carboxylic acids is 1. The van der Waals surface area contributed by atoms with E-state index in [1.54, 1.807) is 53.4 Å². The molecule has 35 heavy (non-hydrogen) atoms. The summed E-state index contributed by atoms with van der Waals surface area (Å²) >= 11 is 0. The van der Waals surface area contributed by atoms with Crippen LogP contribution < -0.4 is 14.8 Å². The molecule has 7 nitrogen and oxygen atoms in total. The van der Waals surface area contributed by atoms with E-state index in [1.807, 2.05) is 13.1 Å². The summed E-state index contributed by atoms with van der Waals surface area (Å²) in [7, 11) is 1.47. The molecule has 0 saturated heterocycles. The van der Waals surface area contributed by atoms with Gasteiger partial charge in [0.2, 0.25) is 5.88 Å². The van der Waals surface area contributed by atoms with Gasteiger partial charge in [0, 0.05) is 12.7 Å². The summed E-state index contributed by atoms with van der Waals surface area (Å²) < 4.78 is 48.7. The van der Waals surface area contributed by atoms with Crippen LogP contribution in [-0.4, -0.2) is 33.9 Å². The fourth-order valence-corrected chi connectivity index (χ4v) is 3.47. The van der Waals surface area contributed by atoms with Crippen molar-refractivity contribution in [1.82, 2.24) is 19.9 Å². The Bertz CT molecular complexity index is 1350. The number of nitrogens with zero attached hydrogens (tertiary/aromatic N) is 3. The number of carbonyl (C=O) groups is 1. The number of aromatic nitrogens is 3. The lowest BCUT2D eigenvalue weighted by Gasteiger charge is -2.12. The number of pyridine rings is 1. The van der Waals surface area contributed by atoms with Crippen LogP contribution in [0, 0.1) is 6.92 Å². The summed E-state index contributed by atoms with van der Waals surface area (Å²) in [4.78, 5) is 21.2. The first-order chi connectivity index (χ1) is 16.7. The van der Waals surface area contributed by atoms with Crippen molar-refractivity contribution in [3.05, 3.63) is 90.1 Å². The molecule has 0 saturated carbocycles. The number of benzene rings is 2. The quantitative estimate of drug-likeness (QED) is 0.398. The van der Waals surface area contributed by atoms with Crippen LogP contribution in [0.4, 0.5) is 13.2 Å². The maximum Gasteiger partial charge on any atom is 0.573 e.